The summed E-state index contributed by atoms with van der Waals surface area (Å²) in [6, 6.07) is 8.11. The topological polar surface area (TPSA) is 116 Å². The summed E-state index contributed by atoms with van der Waals surface area (Å²) >= 11 is 0. The van der Waals surface area contributed by atoms with Gasteiger partial charge in [-0.2, -0.15) is 8.42 Å². The molecule has 0 fully saturated rings. The molecule has 8 heteroatoms. The molecule has 0 bridgehead atoms. The van der Waals surface area contributed by atoms with Gasteiger partial charge in [-0.05, 0) is 49.2 Å². The zero-order valence-electron chi connectivity index (χ0n) is 13.1. The quantitative estimate of drug-likeness (QED) is 0.644. The molecule has 0 aromatic heterocycles. The van der Waals surface area contributed by atoms with Crippen molar-refractivity contribution in [1.29, 1.82) is 0 Å². The largest absolute Gasteiger partial charge is 0.383 e. The number of sulfonamides is 1. The number of nitrogens with two attached hydrogens (primary N) is 2. The Morgan fingerprint density at radius 3 is 1.92 bits per heavy atom. The highest BCUT2D eigenvalue weighted by Crippen LogP contribution is 2.20. The number of amidine groups is 1. The van der Waals surface area contributed by atoms with E-state index in [0.29, 0.717) is 5.56 Å². The number of rotatable bonds is 4. The molecule has 2 aromatic carbocycles. The predicted octanol–water partition coefficient (Wildman–Crippen LogP) is 1.64. The van der Waals surface area contributed by atoms with E-state index in [1.54, 1.807) is 0 Å². The molecule has 126 valence electrons. The summed E-state index contributed by atoms with van der Waals surface area (Å²) < 4.78 is 41.9. The van der Waals surface area contributed by atoms with Crippen LogP contribution in [0, 0.1) is 19.7 Å². The molecule has 0 aliphatic rings. The molecule has 0 saturated carbocycles. The minimum absolute atomic E-state index is 0.143. The van der Waals surface area contributed by atoms with Gasteiger partial charge < -0.3 is 11.5 Å². The van der Waals surface area contributed by atoms with Gasteiger partial charge in [-0.1, -0.05) is 12.1 Å². The van der Waals surface area contributed by atoms with Crippen molar-refractivity contribution in [2.45, 2.75) is 18.7 Å². The van der Waals surface area contributed by atoms with Crippen LogP contribution in [0.2, 0.25) is 0 Å². The molecular formula is C16H16FN3O3S. The van der Waals surface area contributed by atoms with E-state index >= 15 is 0 Å². The van der Waals surface area contributed by atoms with Gasteiger partial charge in [0.15, 0.2) is 0 Å². The van der Waals surface area contributed by atoms with E-state index in [9.17, 15) is 17.6 Å². The van der Waals surface area contributed by atoms with Gasteiger partial charge in [0.25, 0.3) is 10.0 Å². The molecule has 6 nitrogen and oxygen atoms in total. The maximum absolute atomic E-state index is 13.6. The Morgan fingerprint density at radius 2 is 1.46 bits per heavy atom. The van der Waals surface area contributed by atoms with Crippen LogP contribution in [-0.4, -0.2) is 20.2 Å². The number of amides is 1. The van der Waals surface area contributed by atoms with Crippen LogP contribution in [0.25, 0.3) is 0 Å². The summed E-state index contributed by atoms with van der Waals surface area (Å²) in [5, 5.41) is 0. The molecule has 1 amide bonds. The molecule has 0 aliphatic carbocycles. The fourth-order valence-corrected chi connectivity index (χ4v) is 3.22. The van der Waals surface area contributed by atoms with Crippen molar-refractivity contribution in [2.24, 2.45) is 15.9 Å². The molecule has 0 spiro atoms. The number of primary amides is 1. The third-order valence-corrected chi connectivity index (χ3v) is 4.66. The summed E-state index contributed by atoms with van der Waals surface area (Å²) in [4.78, 5) is 10.9. The lowest BCUT2D eigenvalue weighted by Gasteiger charge is -2.06. The highest BCUT2D eigenvalue weighted by atomic mass is 32.2. The molecule has 0 atom stereocenters. The second-order valence-corrected chi connectivity index (χ2v) is 6.87. The Kier molecular flexibility index (Phi) is 4.70. The second-order valence-electron chi connectivity index (χ2n) is 5.26. The van der Waals surface area contributed by atoms with Gasteiger partial charge in [-0.3, -0.25) is 4.79 Å². The van der Waals surface area contributed by atoms with E-state index in [4.69, 9.17) is 11.5 Å². The first-order valence-corrected chi connectivity index (χ1v) is 8.33. The molecule has 0 radical (unpaired) electrons. The first-order valence-electron chi connectivity index (χ1n) is 6.89. The van der Waals surface area contributed by atoms with E-state index in [2.05, 4.69) is 4.40 Å². The highest BCUT2D eigenvalue weighted by molar-refractivity contribution is 7.90. The molecule has 0 heterocycles. The maximum atomic E-state index is 13.6. The van der Waals surface area contributed by atoms with Crippen LogP contribution >= 0.6 is 0 Å². The number of halogens is 1. The monoisotopic (exact) mass is 349 g/mol. The Balaban J connectivity index is 2.43. The molecule has 0 aliphatic heterocycles. The van der Waals surface area contributed by atoms with Gasteiger partial charge in [0, 0.05) is 11.1 Å². The third kappa shape index (κ3) is 3.60. The Hall–Kier alpha value is -2.74. The standard InChI is InChI=1S/C16H16FN3O3S/c1-9-7-13(8-10(2)14(9)17)24(22,23)20-15(18)11-3-5-12(6-4-11)16(19)21/h3-8H,1-2H3,(H2,18,20)(H2,19,21). The van der Waals surface area contributed by atoms with Crippen LogP contribution < -0.4 is 11.5 Å². The molecule has 2 aromatic rings. The van der Waals surface area contributed by atoms with E-state index in [1.165, 1.54) is 50.2 Å². The minimum atomic E-state index is -4.09. The lowest BCUT2D eigenvalue weighted by molar-refractivity contribution is 0.100. The second kappa shape index (κ2) is 6.40. The molecule has 24 heavy (non-hydrogen) atoms. The zero-order valence-corrected chi connectivity index (χ0v) is 13.9. The minimum Gasteiger partial charge on any atom is -0.383 e. The molecule has 0 saturated heterocycles. The van der Waals surface area contributed by atoms with Crippen LogP contribution in [0.3, 0.4) is 0 Å². The fraction of sp³-hybridized carbons (Fsp3) is 0.125. The predicted molar refractivity (Wildman–Crippen MR) is 88.7 cm³/mol. The molecule has 2 rings (SSSR count). The Bertz CT molecular complexity index is 913. The number of aryl methyl sites for hydroxylation is 2. The van der Waals surface area contributed by atoms with E-state index in [0.717, 1.165) is 0 Å². The number of carbonyl (C=O) groups is 1. The van der Waals surface area contributed by atoms with Gasteiger partial charge in [-0.15, -0.1) is 4.40 Å². The van der Waals surface area contributed by atoms with Crippen LogP contribution in [-0.2, 0) is 10.0 Å². The molecule has 0 unspecified atom stereocenters. The fourth-order valence-electron chi connectivity index (χ4n) is 2.10. The van der Waals surface area contributed by atoms with E-state index in [1.807, 2.05) is 0 Å². The number of hydrogen-bond donors (Lipinski definition) is 2. The first-order chi connectivity index (χ1) is 11.1. The summed E-state index contributed by atoms with van der Waals surface area (Å²) in [6.45, 7) is 2.94. The van der Waals surface area contributed by atoms with Crippen LogP contribution in [0.5, 0.6) is 0 Å². The summed E-state index contributed by atoms with van der Waals surface area (Å²) in [6.07, 6.45) is 0. The molecule has 4 N–H and O–H groups in total. The van der Waals surface area contributed by atoms with Crippen molar-refractivity contribution in [3.05, 3.63) is 64.5 Å². The number of carbonyl (C=O) groups excluding carboxylic acids is 1. The van der Waals surface area contributed by atoms with Crippen molar-refractivity contribution in [2.75, 3.05) is 0 Å². The highest BCUT2D eigenvalue weighted by Gasteiger charge is 2.17. The number of nitrogens with zero attached hydrogens (tertiary/aromatic N) is 1. The zero-order chi connectivity index (χ0) is 18.1. The van der Waals surface area contributed by atoms with Crippen molar-refractivity contribution >= 4 is 21.8 Å². The van der Waals surface area contributed by atoms with Crippen molar-refractivity contribution in [3.8, 4) is 0 Å². The maximum Gasteiger partial charge on any atom is 0.284 e. The van der Waals surface area contributed by atoms with Gasteiger partial charge in [-0.25, -0.2) is 4.39 Å². The Morgan fingerprint density at radius 1 is 1.00 bits per heavy atom. The summed E-state index contributed by atoms with van der Waals surface area (Å²) in [7, 11) is -4.09. The van der Waals surface area contributed by atoms with Crippen LogP contribution in [0.1, 0.15) is 27.0 Å². The van der Waals surface area contributed by atoms with Gasteiger partial charge in [0.05, 0.1) is 4.90 Å². The summed E-state index contributed by atoms with van der Waals surface area (Å²) in [5.74, 6) is -1.32. The normalized spacial score (nSPS) is 12.2. The smallest absolute Gasteiger partial charge is 0.284 e. The number of benzene rings is 2. The van der Waals surface area contributed by atoms with Gasteiger partial charge >= 0.3 is 0 Å². The van der Waals surface area contributed by atoms with Crippen molar-refractivity contribution in [3.63, 3.8) is 0 Å². The lowest BCUT2D eigenvalue weighted by Crippen LogP contribution is -2.17. The first kappa shape index (κ1) is 17.6. The van der Waals surface area contributed by atoms with E-state index in [-0.39, 0.29) is 27.4 Å². The average molecular weight is 349 g/mol. The van der Waals surface area contributed by atoms with E-state index < -0.39 is 21.7 Å². The SMILES string of the molecule is Cc1cc(S(=O)(=O)/N=C(\N)c2ccc(C(N)=O)cc2)cc(C)c1F. The summed E-state index contributed by atoms with van der Waals surface area (Å²) in [5.41, 5.74) is 11.8. The van der Waals surface area contributed by atoms with Gasteiger partial charge in [0.2, 0.25) is 5.91 Å². The van der Waals surface area contributed by atoms with Crippen LogP contribution in [0.4, 0.5) is 4.39 Å². The number of hydrogen-bond acceptors (Lipinski definition) is 3. The van der Waals surface area contributed by atoms with Crippen molar-refractivity contribution < 1.29 is 17.6 Å². The van der Waals surface area contributed by atoms with Gasteiger partial charge in [0.1, 0.15) is 11.7 Å². The lowest BCUT2D eigenvalue weighted by atomic mass is 10.1. The Labute approximate surface area is 139 Å². The molecular weight excluding hydrogens is 333 g/mol. The van der Waals surface area contributed by atoms with Crippen LogP contribution in [0.15, 0.2) is 45.7 Å². The average Bonchev–Trinajstić information content (AvgIpc) is 2.51. The van der Waals surface area contributed by atoms with Crippen molar-refractivity contribution in [1.82, 2.24) is 0 Å². The third-order valence-electron chi connectivity index (χ3n) is 3.39.